The van der Waals surface area contributed by atoms with E-state index in [-0.39, 0.29) is 12.2 Å². The van der Waals surface area contributed by atoms with Gasteiger partial charge in [-0.25, -0.2) is 16.6 Å². The van der Waals surface area contributed by atoms with Crippen molar-refractivity contribution in [3.8, 4) is 5.75 Å². The molecular weight excluding hydrogens is 504 g/mol. The highest BCUT2D eigenvalue weighted by molar-refractivity contribution is 5.94. The van der Waals surface area contributed by atoms with E-state index in [9.17, 15) is 9.59 Å². The van der Waals surface area contributed by atoms with Crippen molar-refractivity contribution >= 4 is 12.1 Å². The van der Waals surface area contributed by atoms with E-state index in [0.29, 0.717) is 38.0 Å². The maximum atomic E-state index is 13.8. The van der Waals surface area contributed by atoms with Crippen LogP contribution in [0.4, 0.5) is 0 Å². The number of Topliss-reactive ketones (excluding diaryl/α,β-unsaturated/α-hetero) is 1. The van der Waals surface area contributed by atoms with Crippen LogP contribution in [0, 0.1) is 22.0 Å². The van der Waals surface area contributed by atoms with Crippen molar-refractivity contribution in [2.45, 2.75) is 61.7 Å². The monoisotopic (exact) mass is 536 g/mol. The molecule has 0 aromatic heterocycles. The number of benzene rings is 3. The molecule has 0 saturated heterocycles. The summed E-state index contributed by atoms with van der Waals surface area (Å²) in [6.07, 6.45) is 2.18. The van der Waals surface area contributed by atoms with Crippen LogP contribution in [0.25, 0.3) is 0 Å². The van der Waals surface area contributed by atoms with Gasteiger partial charge < -0.3 is 9.53 Å². The van der Waals surface area contributed by atoms with E-state index in [4.69, 9.17) is 21.3 Å². The Morgan fingerprint density at radius 3 is 2.02 bits per heavy atom. The number of carbonyl (C=O) groups excluding carboxylic acids is 2. The summed E-state index contributed by atoms with van der Waals surface area (Å²) in [6.45, 7) is 0.426. The van der Waals surface area contributed by atoms with Crippen LogP contribution in [0.15, 0.2) is 100 Å². The van der Waals surface area contributed by atoms with E-state index in [1.807, 2.05) is 84.9 Å². The number of aldehydes is 1. The van der Waals surface area contributed by atoms with Gasteiger partial charge in [-0.3, -0.25) is 4.79 Å². The Labute approximate surface area is 232 Å². The van der Waals surface area contributed by atoms with Crippen molar-refractivity contribution in [3.05, 3.63) is 102 Å². The number of carbonyl (C=O) groups is 2. The summed E-state index contributed by atoms with van der Waals surface area (Å²) in [5, 5.41) is 11.7. The second-order valence-electron chi connectivity index (χ2n) is 10.8. The van der Waals surface area contributed by atoms with Crippen LogP contribution < -0.4 is 4.74 Å². The summed E-state index contributed by atoms with van der Waals surface area (Å²) < 4.78 is 5.89. The molecule has 2 aliphatic rings. The molecule has 2 fully saturated rings. The van der Waals surface area contributed by atoms with Crippen molar-refractivity contribution < 1.29 is 14.3 Å². The highest BCUT2D eigenvalue weighted by Crippen LogP contribution is 2.63. The van der Waals surface area contributed by atoms with Crippen molar-refractivity contribution in [1.29, 1.82) is 16.6 Å². The van der Waals surface area contributed by atoms with E-state index in [1.54, 1.807) is 0 Å². The summed E-state index contributed by atoms with van der Waals surface area (Å²) >= 11 is 0. The maximum Gasteiger partial charge on any atom is 0.168 e. The number of nitrogens with one attached hydrogen (secondary N) is 3. The third-order valence-corrected chi connectivity index (χ3v) is 9.05. The molecule has 3 aromatic carbocycles. The molecule has 40 heavy (non-hydrogen) atoms. The Bertz CT molecular complexity index is 1390. The van der Waals surface area contributed by atoms with Gasteiger partial charge in [0.2, 0.25) is 0 Å². The Kier molecular flexibility index (Phi) is 7.47. The van der Waals surface area contributed by atoms with Crippen molar-refractivity contribution in [3.63, 3.8) is 0 Å². The maximum absolute atomic E-state index is 13.8. The molecule has 0 radical (unpaired) electrons. The Balaban J connectivity index is 1.40. The normalized spacial score (nSPS) is 28.5. The fraction of sp³-hybridized carbons (Fsp3) is 0.355. The van der Waals surface area contributed by atoms with Crippen LogP contribution in [0.2, 0.25) is 0 Å². The van der Waals surface area contributed by atoms with Gasteiger partial charge >= 0.3 is 0 Å². The molecule has 0 aliphatic heterocycles. The summed E-state index contributed by atoms with van der Waals surface area (Å²) in [7, 11) is 0. The summed E-state index contributed by atoms with van der Waals surface area (Å²) in [5.41, 5.74) is 23.4. The largest absolute Gasteiger partial charge is 0.489 e. The predicted molar refractivity (Wildman–Crippen MR) is 147 cm³/mol. The third kappa shape index (κ3) is 4.35. The van der Waals surface area contributed by atoms with Gasteiger partial charge in [0.25, 0.3) is 0 Å². The standard InChI is InChI=1S/C31H32N6O3/c32-35-27-19-31(37-34,24-9-5-2-6-10-24)29(28(27)39)15-17-30(36-33,18-16-29)26(20-38)23-11-13-25(14-12-23)40-21-22-7-3-1-4-8-22/h1-14,20,26-27,32-34H,15-19,21H2. The minimum Gasteiger partial charge on any atom is -0.489 e. The number of hydrogen-bond donors (Lipinski definition) is 3. The third-order valence-electron chi connectivity index (χ3n) is 9.05. The SMILES string of the molecule is N=NC1CC(N=N)(c2ccccc2)C2(CCC(N=N)(C(C=O)c3ccc(OCc4ccccc4)cc3)CC2)C1=O. The number of nitrogens with zero attached hydrogens (tertiary/aromatic N) is 3. The first-order valence-corrected chi connectivity index (χ1v) is 13.4. The lowest BCUT2D eigenvalue weighted by atomic mass is 9.55. The molecule has 2 saturated carbocycles. The van der Waals surface area contributed by atoms with Crippen LogP contribution >= 0.6 is 0 Å². The molecular formula is C31H32N6O3. The van der Waals surface area contributed by atoms with Gasteiger partial charge in [-0.15, -0.1) is 0 Å². The number of rotatable bonds is 10. The number of hydrogen-bond acceptors (Lipinski definition) is 9. The Morgan fingerprint density at radius 2 is 1.48 bits per heavy atom. The molecule has 3 unspecified atom stereocenters. The fourth-order valence-electron chi connectivity index (χ4n) is 6.81. The smallest absolute Gasteiger partial charge is 0.168 e. The van der Waals surface area contributed by atoms with Crippen LogP contribution in [0.1, 0.15) is 54.7 Å². The molecule has 3 atom stereocenters. The van der Waals surface area contributed by atoms with Crippen molar-refractivity contribution in [2.75, 3.05) is 0 Å². The first kappa shape index (κ1) is 27.2. The molecule has 3 aromatic rings. The summed E-state index contributed by atoms with van der Waals surface area (Å²) in [6, 6.07) is 25.6. The molecule has 2 aliphatic carbocycles. The van der Waals surface area contributed by atoms with Gasteiger partial charge in [-0.2, -0.15) is 15.3 Å². The van der Waals surface area contributed by atoms with E-state index in [2.05, 4.69) is 15.3 Å². The average Bonchev–Trinajstić information content (AvgIpc) is 3.26. The van der Waals surface area contributed by atoms with Gasteiger partial charge in [0, 0.05) is 6.42 Å². The Morgan fingerprint density at radius 1 is 0.850 bits per heavy atom. The molecule has 1 spiro atoms. The zero-order valence-electron chi connectivity index (χ0n) is 22.1. The first-order chi connectivity index (χ1) is 19.5. The summed E-state index contributed by atoms with van der Waals surface area (Å²) in [5.74, 6) is -0.204. The zero-order chi connectivity index (χ0) is 28.2. The van der Waals surface area contributed by atoms with Gasteiger partial charge in [0.1, 0.15) is 30.2 Å². The molecule has 9 nitrogen and oxygen atoms in total. The molecule has 204 valence electrons. The molecule has 9 heteroatoms. The van der Waals surface area contributed by atoms with E-state index in [0.717, 1.165) is 23.0 Å². The molecule has 3 N–H and O–H groups in total. The first-order valence-electron chi connectivity index (χ1n) is 13.4. The molecule has 0 bridgehead atoms. The van der Waals surface area contributed by atoms with Crippen LogP contribution in [0.3, 0.4) is 0 Å². The second-order valence-corrected chi connectivity index (χ2v) is 10.8. The van der Waals surface area contributed by atoms with E-state index in [1.165, 1.54) is 0 Å². The van der Waals surface area contributed by atoms with E-state index < -0.39 is 28.5 Å². The molecule has 5 rings (SSSR count). The fourth-order valence-corrected chi connectivity index (χ4v) is 6.81. The number of ketones is 1. The lowest BCUT2D eigenvalue weighted by Crippen LogP contribution is -2.51. The summed E-state index contributed by atoms with van der Waals surface area (Å²) in [4.78, 5) is 26.3. The second kappa shape index (κ2) is 11.0. The van der Waals surface area contributed by atoms with Crippen molar-refractivity contribution in [1.82, 2.24) is 0 Å². The lowest BCUT2D eigenvalue weighted by Gasteiger charge is -2.49. The minimum atomic E-state index is -1.15. The highest BCUT2D eigenvalue weighted by Gasteiger charge is 2.67. The van der Waals surface area contributed by atoms with E-state index >= 15 is 0 Å². The minimum absolute atomic E-state index is 0.162. The van der Waals surface area contributed by atoms with Crippen LogP contribution in [-0.4, -0.2) is 23.7 Å². The topological polar surface area (TPSA) is 152 Å². The average molecular weight is 537 g/mol. The van der Waals surface area contributed by atoms with Crippen LogP contribution in [0.5, 0.6) is 5.75 Å². The van der Waals surface area contributed by atoms with Gasteiger partial charge in [-0.05, 0) is 54.5 Å². The van der Waals surface area contributed by atoms with Crippen LogP contribution in [-0.2, 0) is 21.7 Å². The highest BCUT2D eigenvalue weighted by atomic mass is 16.5. The van der Waals surface area contributed by atoms with Gasteiger partial charge in [0.15, 0.2) is 5.78 Å². The Hall–Kier alpha value is -4.40. The number of ether oxygens (including phenoxy) is 1. The lowest BCUT2D eigenvalue weighted by molar-refractivity contribution is -0.132. The van der Waals surface area contributed by atoms with Gasteiger partial charge in [-0.1, -0.05) is 72.8 Å². The molecule has 0 heterocycles. The van der Waals surface area contributed by atoms with Crippen molar-refractivity contribution in [2.24, 2.45) is 20.8 Å². The zero-order valence-corrected chi connectivity index (χ0v) is 22.1. The quantitative estimate of drug-likeness (QED) is 0.186. The molecule has 0 amide bonds. The van der Waals surface area contributed by atoms with Gasteiger partial charge in [0.05, 0.1) is 16.9 Å². The predicted octanol–water partition coefficient (Wildman–Crippen LogP) is 7.18.